The zero-order valence-electron chi connectivity index (χ0n) is 51.5. The molecule has 0 saturated heterocycles. The fourth-order valence-electron chi connectivity index (χ4n) is 14.8. The smallest absolute Gasteiger partial charge is 0.0776 e. The van der Waals surface area contributed by atoms with E-state index in [0.29, 0.717) is 0 Å². The number of hydrogen-bond donors (Lipinski definition) is 0. The van der Waals surface area contributed by atoms with Gasteiger partial charge in [0.1, 0.15) is 0 Å². The quantitative estimate of drug-likeness (QED) is 0.113. The summed E-state index contributed by atoms with van der Waals surface area (Å²) >= 11 is 0. The lowest BCUT2D eigenvalue weighted by molar-refractivity contribution is 1.30. The molecule has 0 radical (unpaired) electrons. The summed E-state index contributed by atoms with van der Waals surface area (Å²) in [5, 5.41) is 12.7. The fraction of sp³-hybridized carbons (Fsp3) is 0.0714. The fourth-order valence-corrected chi connectivity index (χ4v) is 17.1. The zero-order chi connectivity index (χ0) is 60.6. The number of hydrogen-bond acceptors (Lipinski definition) is 2. The summed E-state index contributed by atoms with van der Waals surface area (Å²) < 4.78 is 5.17. The highest BCUT2D eigenvalue weighted by Crippen LogP contribution is 2.54. The van der Waals surface area contributed by atoms with E-state index in [2.05, 4.69) is 349 Å². The van der Waals surface area contributed by atoms with Gasteiger partial charge in [-0.2, -0.15) is 0 Å². The van der Waals surface area contributed by atoms with Crippen LogP contribution in [0.15, 0.2) is 291 Å². The Kier molecular flexibility index (Phi) is 12.3. The van der Waals surface area contributed by atoms with E-state index in [0.717, 1.165) is 34.1 Å². The number of fused-ring (bicyclic) bond motifs is 12. The molecule has 0 aliphatic heterocycles. The van der Waals surface area contributed by atoms with E-state index >= 15 is 0 Å². The molecule has 0 aliphatic rings. The van der Waals surface area contributed by atoms with Gasteiger partial charge in [-0.05, 0) is 82.9 Å². The highest BCUT2D eigenvalue weighted by atomic mass is 28.3. The second kappa shape index (κ2) is 20.5. The minimum absolute atomic E-state index is 1.13. The van der Waals surface area contributed by atoms with Gasteiger partial charge < -0.3 is 18.6 Å². The number of aromatic nitrogens is 2. The lowest BCUT2D eigenvalue weighted by Gasteiger charge is -2.31. The minimum atomic E-state index is -1.74. The molecule has 430 valence electrons. The van der Waals surface area contributed by atoms with Crippen molar-refractivity contribution in [3.05, 3.63) is 291 Å². The second-order valence-electron chi connectivity index (χ2n) is 26.4. The van der Waals surface area contributed by atoms with Gasteiger partial charge >= 0.3 is 0 Å². The van der Waals surface area contributed by atoms with Crippen LogP contribution in [0.5, 0.6) is 0 Å². The summed E-state index contributed by atoms with van der Waals surface area (Å²) in [6, 6.07) is 109. The Bertz CT molecular complexity index is 5270. The van der Waals surface area contributed by atoms with Gasteiger partial charge in [-0.3, -0.25) is 0 Å². The van der Waals surface area contributed by atoms with Crippen LogP contribution in [0.25, 0.3) is 121 Å². The van der Waals surface area contributed by atoms with E-state index < -0.39 is 16.1 Å². The van der Waals surface area contributed by atoms with Gasteiger partial charge in [-0.25, -0.2) is 0 Å². The summed E-state index contributed by atoms with van der Waals surface area (Å²) in [5.41, 5.74) is 23.7. The molecule has 17 aromatic rings. The predicted molar refractivity (Wildman–Crippen MR) is 393 cm³/mol. The van der Waals surface area contributed by atoms with Gasteiger partial charge in [-0.15, -0.1) is 0 Å². The third kappa shape index (κ3) is 8.32. The standard InChI is InChI=1S/C84H66N4Si2/c1-89(2,3)59-43-47-75(67(51-59)57-31-15-9-16-32-57)85(71-39-23-19-35-61(71)55-27-11-7-12-28-55)77-49-45-63-69-53-80-70(54-79(69)87-73-41-25-21-37-65(73)81(77)83(63)87)64-46-50-78(82-66-38-22-26-42-74(66)88(80)84(64)82)86(72-40-24-20-36-62(72)56-29-13-8-14-30-56)76-48-44-60(90(4,5)6)52-68(76)58-33-17-10-18-34-58/h7-54H,1-6H3. The number of para-hydroxylation sites is 4. The minimum Gasteiger partial charge on any atom is -0.309 e. The van der Waals surface area contributed by atoms with Crippen molar-refractivity contribution in [3.63, 3.8) is 0 Å². The normalized spacial score (nSPS) is 12.3. The van der Waals surface area contributed by atoms with Crippen molar-refractivity contribution < 1.29 is 0 Å². The largest absolute Gasteiger partial charge is 0.309 e. The van der Waals surface area contributed by atoms with Gasteiger partial charge in [-0.1, -0.05) is 280 Å². The lowest BCUT2D eigenvalue weighted by atomic mass is 9.97. The molecule has 0 amide bonds. The molecule has 4 heterocycles. The van der Waals surface area contributed by atoms with Crippen LogP contribution in [0.3, 0.4) is 0 Å². The first-order chi connectivity index (χ1) is 44.0. The Hall–Kier alpha value is -10.5. The van der Waals surface area contributed by atoms with Crippen molar-refractivity contribution in [2.45, 2.75) is 39.3 Å². The van der Waals surface area contributed by atoms with Gasteiger partial charge in [0.25, 0.3) is 0 Å². The molecule has 90 heavy (non-hydrogen) atoms. The van der Waals surface area contributed by atoms with E-state index in [4.69, 9.17) is 0 Å². The molecule has 0 N–H and O–H groups in total. The summed E-state index contributed by atoms with van der Waals surface area (Å²) in [6.45, 7) is 14.7. The summed E-state index contributed by atoms with van der Waals surface area (Å²) in [7, 11) is -3.48. The first-order valence-corrected chi connectivity index (χ1v) is 38.6. The average Bonchev–Trinajstić information content (AvgIpc) is 1.51. The molecule has 0 aliphatic carbocycles. The maximum Gasteiger partial charge on any atom is 0.0776 e. The van der Waals surface area contributed by atoms with Crippen molar-refractivity contribution in [3.8, 4) is 44.5 Å². The molecule has 13 aromatic carbocycles. The second-order valence-corrected chi connectivity index (χ2v) is 36.6. The summed E-state index contributed by atoms with van der Waals surface area (Å²) in [5.74, 6) is 0. The molecule has 0 atom stereocenters. The maximum absolute atomic E-state index is 2.58. The first kappa shape index (κ1) is 53.7. The van der Waals surface area contributed by atoms with Crippen LogP contribution in [0, 0.1) is 0 Å². The first-order valence-electron chi connectivity index (χ1n) is 31.6. The van der Waals surface area contributed by atoms with E-state index in [1.165, 1.54) is 131 Å². The number of anilines is 6. The van der Waals surface area contributed by atoms with E-state index in [-0.39, 0.29) is 0 Å². The average molecular weight is 1190 g/mol. The summed E-state index contributed by atoms with van der Waals surface area (Å²) in [6.07, 6.45) is 0. The molecule has 17 rings (SSSR count). The molecule has 0 saturated carbocycles. The van der Waals surface area contributed by atoms with E-state index in [9.17, 15) is 0 Å². The van der Waals surface area contributed by atoms with Crippen LogP contribution < -0.4 is 20.2 Å². The van der Waals surface area contributed by atoms with Crippen LogP contribution in [0.4, 0.5) is 34.1 Å². The maximum atomic E-state index is 2.58. The van der Waals surface area contributed by atoms with Crippen molar-refractivity contribution in [1.29, 1.82) is 0 Å². The molecule has 0 spiro atoms. The van der Waals surface area contributed by atoms with E-state index in [1.54, 1.807) is 0 Å². The van der Waals surface area contributed by atoms with Gasteiger partial charge in [0.15, 0.2) is 0 Å². The molecular weight excluding hydrogens is 1120 g/mol. The van der Waals surface area contributed by atoms with Crippen molar-refractivity contribution >= 4 is 137 Å². The van der Waals surface area contributed by atoms with Crippen molar-refractivity contribution in [2.24, 2.45) is 0 Å². The van der Waals surface area contributed by atoms with Gasteiger partial charge in [0.2, 0.25) is 0 Å². The Morgan fingerprint density at radius 2 is 0.544 bits per heavy atom. The monoisotopic (exact) mass is 1190 g/mol. The predicted octanol–water partition coefficient (Wildman–Crippen LogP) is 22.7. The molecule has 0 fully saturated rings. The molecular formula is C84H66N4Si2. The van der Waals surface area contributed by atoms with Crippen molar-refractivity contribution in [1.82, 2.24) is 8.80 Å². The SMILES string of the molecule is C[Si](C)(C)c1ccc(N(c2ccccc2-c2ccccc2)c2ccc3c4cc5c(cc4n4c6ccccc6c2c34)c2ccc(N(c3ccccc3-c3ccccc3)c3ccc([Si](C)(C)C)cc3-c3ccccc3)c3c4ccccc4n5c23)c(-c2ccccc2)c1. The van der Waals surface area contributed by atoms with Crippen LogP contribution in [0.1, 0.15) is 0 Å². The van der Waals surface area contributed by atoms with Gasteiger partial charge in [0.05, 0.1) is 83.4 Å². The Morgan fingerprint density at radius 3 is 0.922 bits per heavy atom. The topological polar surface area (TPSA) is 15.3 Å². The third-order valence-electron chi connectivity index (χ3n) is 19.1. The highest BCUT2D eigenvalue weighted by Gasteiger charge is 2.32. The lowest BCUT2D eigenvalue weighted by Crippen LogP contribution is -2.37. The van der Waals surface area contributed by atoms with Crippen LogP contribution >= 0.6 is 0 Å². The van der Waals surface area contributed by atoms with Crippen molar-refractivity contribution in [2.75, 3.05) is 9.80 Å². The molecule has 4 aromatic heterocycles. The molecule has 0 bridgehead atoms. The van der Waals surface area contributed by atoms with Crippen LogP contribution in [-0.2, 0) is 0 Å². The number of rotatable bonds is 12. The molecule has 6 heteroatoms. The highest BCUT2D eigenvalue weighted by molar-refractivity contribution is 6.89. The molecule has 0 unspecified atom stereocenters. The van der Waals surface area contributed by atoms with Gasteiger partial charge in [0, 0.05) is 65.3 Å². The Labute approximate surface area is 527 Å². The van der Waals surface area contributed by atoms with Crippen LogP contribution in [0.2, 0.25) is 39.3 Å². The Balaban J connectivity index is 0.948. The number of nitrogens with zero attached hydrogens (tertiary/aromatic N) is 4. The van der Waals surface area contributed by atoms with Crippen LogP contribution in [-0.4, -0.2) is 24.9 Å². The number of benzene rings is 13. The third-order valence-corrected chi connectivity index (χ3v) is 23.2. The Morgan fingerprint density at radius 1 is 0.233 bits per heavy atom. The zero-order valence-corrected chi connectivity index (χ0v) is 53.5. The van der Waals surface area contributed by atoms with E-state index in [1.807, 2.05) is 0 Å². The molecule has 4 nitrogen and oxygen atoms in total. The summed E-state index contributed by atoms with van der Waals surface area (Å²) in [4.78, 5) is 5.16.